The highest BCUT2D eigenvalue weighted by Crippen LogP contribution is 2.43. The highest BCUT2D eigenvalue weighted by Gasteiger charge is 2.29. The number of hydrogen-bond acceptors (Lipinski definition) is 7. The van der Waals surface area contributed by atoms with Crippen molar-refractivity contribution in [3.8, 4) is 5.75 Å². The number of fused-ring (bicyclic) bond motifs is 1. The van der Waals surface area contributed by atoms with Crippen molar-refractivity contribution in [1.82, 2.24) is 9.97 Å². The zero-order valence-corrected chi connectivity index (χ0v) is 17.3. The summed E-state index contributed by atoms with van der Waals surface area (Å²) in [4.78, 5) is 23.0. The zero-order chi connectivity index (χ0) is 20.3. The highest BCUT2D eigenvalue weighted by atomic mass is 35.5. The number of carbonyl (C=O) groups excluding carboxylic acids is 1. The van der Waals surface area contributed by atoms with Gasteiger partial charge in [0.2, 0.25) is 0 Å². The maximum atomic E-state index is 12.0. The van der Waals surface area contributed by atoms with Crippen molar-refractivity contribution >= 4 is 35.2 Å². The molecule has 1 N–H and O–H groups in total. The highest BCUT2D eigenvalue weighted by molar-refractivity contribution is 6.34. The van der Waals surface area contributed by atoms with E-state index in [1.54, 1.807) is 20.3 Å². The molecule has 28 heavy (non-hydrogen) atoms. The first-order valence-corrected chi connectivity index (χ1v) is 9.63. The second-order valence-electron chi connectivity index (χ2n) is 6.70. The number of aromatic nitrogens is 2. The number of benzene rings is 1. The minimum atomic E-state index is 0.0459. The smallest absolute Gasteiger partial charge is 0.157 e. The van der Waals surface area contributed by atoms with Gasteiger partial charge < -0.3 is 19.7 Å². The summed E-state index contributed by atoms with van der Waals surface area (Å²) in [5.74, 6) is 2.36. The molecule has 0 amide bonds. The van der Waals surface area contributed by atoms with Crippen LogP contribution in [-0.2, 0) is 11.2 Å². The second kappa shape index (κ2) is 8.75. The number of nitrogens with one attached hydrogen (secondary N) is 1. The van der Waals surface area contributed by atoms with Gasteiger partial charge in [-0.3, -0.25) is 4.79 Å². The molecule has 2 aromatic rings. The van der Waals surface area contributed by atoms with Gasteiger partial charge in [0.15, 0.2) is 6.29 Å². The van der Waals surface area contributed by atoms with Gasteiger partial charge in [-0.25, -0.2) is 9.97 Å². The van der Waals surface area contributed by atoms with Gasteiger partial charge in [-0.05, 0) is 31.4 Å². The second-order valence-corrected chi connectivity index (χ2v) is 7.11. The van der Waals surface area contributed by atoms with Crippen LogP contribution in [0.5, 0.6) is 5.75 Å². The van der Waals surface area contributed by atoms with Gasteiger partial charge in [-0.1, -0.05) is 18.5 Å². The number of anilines is 3. The molecule has 0 saturated carbocycles. The van der Waals surface area contributed by atoms with E-state index in [1.165, 1.54) is 0 Å². The number of nitrogens with zero attached hydrogens (tertiary/aromatic N) is 3. The Labute approximate surface area is 170 Å². The number of ether oxygens (including phenoxy) is 2. The lowest BCUT2D eigenvalue weighted by Gasteiger charge is -2.24. The molecular weight excluding hydrogens is 380 g/mol. The van der Waals surface area contributed by atoms with E-state index in [1.807, 2.05) is 17.9 Å². The third kappa shape index (κ3) is 3.91. The zero-order valence-electron chi connectivity index (χ0n) is 16.6. The van der Waals surface area contributed by atoms with E-state index in [0.717, 1.165) is 30.4 Å². The minimum absolute atomic E-state index is 0.0459. The maximum Gasteiger partial charge on any atom is 0.157 e. The van der Waals surface area contributed by atoms with Crippen LogP contribution in [0.2, 0.25) is 5.02 Å². The topological polar surface area (TPSA) is 76.6 Å². The van der Waals surface area contributed by atoms with Gasteiger partial charge in [0, 0.05) is 19.7 Å². The molecule has 0 radical (unpaired) electrons. The molecule has 1 aliphatic heterocycles. The van der Waals surface area contributed by atoms with Crippen LogP contribution in [0.25, 0.3) is 0 Å². The molecule has 1 aliphatic rings. The lowest BCUT2D eigenvalue weighted by atomic mass is 10.1. The number of halogens is 1. The summed E-state index contributed by atoms with van der Waals surface area (Å²) in [6.07, 6.45) is 2.42. The molecule has 150 valence electrons. The number of rotatable bonds is 8. The van der Waals surface area contributed by atoms with E-state index in [9.17, 15) is 4.79 Å². The van der Waals surface area contributed by atoms with Crippen molar-refractivity contribution in [1.29, 1.82) is 0 Å². The third-order valence-electron chi connectivity index (χ3n) is 4.84. The molecule has 1 aromatic heterocycles. The van der Waals surface area contributed by atoms with Crippen molar-refractivity contribution < 1.29 is 14.3 Å². The maximum absolute atomic E-state index is 12.0. The average Bonchev–Trinajstić information content (AvgIpc) is 3.11. The normalized spacial score (nSPS) is 14.0. The van der Waals surface area contributed by atoms with Gasteiger partial charge in [-0.2, -0.15) is 0 Å². The molecule has 3 rings (SSSR count). The van der Waals surface area contributed by atoms with Crippen molar-refractivity contribution in [2.45, 2.75) is 32.7 Å². The van der Waals surface area contributed by atoms with Crippen molar-refractivity contribution in [3.05, 3.63) is 34.1 Å². The Bertz CT molecular complexity index is 875. The molecule has 8 heteroatoms. The minimum Gasteiger partial charge on any atom is -0.497 e. The van der Waals surface area contributed by atoms with E-state index in [0.29, 0.717) is 46.9 Å². The predicted molar refractivity (Wildman–Crippen MR) is 110 cm³/mol. The quantitative estimate of drug-likeness (QED) is 0.670. The Morgan fingerprint density at radius 1 is 1.36 bits per heavy atom. The van der Waals surface area contributed by atoms with E-state index < -0.39 is 0 Å². The first-order chi connectivity index (χ1) is 13.5. The molecule has 0 saturated heterocycles. The van der Waals surface area contributed by atoms with Crippen LogP contribution in [0.4, 0.5) is 17.3 Å². The van der Waals surface area contributed by atoms with Gasteiger partial charge >= 0.3 is 0 Å². The lowest BCUT2D eigenvalue weighted by Crippen LogP contribution is -2.27. The summed E-state index contributed by atoms with van der Waals surface area (Å²) < 4.78 is 10.6. The predicted octanol–water partition coefficient (Wildman–Crippen LogP) is 3.79. The average molecular weight is 405 g/mol. The van der Waals surface area contributed by atoms with E-state index in [4.69, 9.17) is 21.1 Å². The number of aryl methyl sites for hydroxylation is 1. The largest absolute Gasteiger partial charge is 0.497 e. The van der Waals surface area contributed by atoms with E-state index in [-0.39, 0.29) is 6.04 Å². The van der Waals surface area contributed by atoms with Crippen molar-refractivity contribution in [2.75, 3.05) is 37.6 Å². The summed E-state index contributed by atoms with van der Waals surface area (Å²) in [6, 6.07) is 3.79. The standard InChI is InChI=1S/C20H25ClN4O3/c1-5-14(11-27-3)24-19-16(10-26)20(23-12(2)22-19)25-7-6-13-8-15(28-4)9-17(21)18(13)25/h8-10,14H,5-7,11H2,1-4H3,(H,22,23,24). The fraction of sp³-hybridized carbons (Fsp3) is 0.450. The molecule has 1 atom stereocenters. The Hall–Kier alpha value is -2.38. The summed E-state index contributed by atoms with van der Waals surface area (Å²) in [7, 11) is 3.27. The van der Waals surface area contributed by atoms with Gasteiger partial charge in [-0.15, -0.1) is 0 Å². The Morgan fingerprint density at radius 3 is 2.79 bits per heavy atom. The fourth-order valence-electron chi connectivity index (χ4n) is 3.44. The van der Waals surface area contributed by atoms with Crippen LogP contribution in [0.15, 0.2) is 12.1 Å². The first-order valence-electron chi connectivity index (χ1n) is 9.25. The Kier molecular flexibility index (Phi) is 6.36. The number of aldehydes is 1. The van der Waals surface area contributed by atoms with Gasteiger partial charge in [0.1, 0.15) is 23.2 Å². The van der Waals surface area contributed by atoms with Crippen LogP contribution >= 0.6 is 11.6 Å². The number of hydrogen-bond donors (Lipinski definition) is 1. The van der Waals surface area contributed by atoms with Crippen LogP contribution in [0.1, 0.15) is 35.1 Å². The SMILES string of the molecule is CCC(COC)Nc1nc(C)nc(N2CCc3cc(OC)cc(Cl)c32)c1C=O. The summed E-state index contributed by atoms with van der Waals surface area (Å²) >= 11 is 6.54. The molecule has 0 bridgehead atoms. The fourth-order valence-corrected chi connectivity index (χ4v) is 3.77. The van der Waals surface area contributed by atoms with Crippen LogP contribution in [-0.4, -0.2) is 49.7 Å². The van der Waals surface area contributed by atoms with Gasteiger partial charge in [0.05, 0.1) is 36.0 Å². The summed E-state index contributed by atoms with van der Waals surface area (Å²) in [6.45, 7) is 5.06. The summed E-state index contributed by atoms with van der Waals surface area (Å²) in [5.41, 5.74) is 2.34. The Balaban J connectivity index is 2.06. The third-order valence-corrected chi connectivity index (χ3v) is 5.13. The first kappa shape index (κ1) is 20.4. The van der Waals surface area contributed by atoms with E-state index >= 15 is 0 Å². The van der Waals surface area contributed by atoms with Crippen molar-refractivity contribution in [3.63, 3.8) is 0 Å². The molecule has 0 aliphatic carbocycles. The molecule has 1 unspecified atom stereocenters. The number of carbonyl (C=O) groups is 1. The molecule has 7 nitrogen and oxygen atoms in total. The van der Waals surface area contributed by atoms with Crippen LogP contribution in [0.3, 0.4) is 0 Å². The van der Waals surface area contributed by atoms with Crippen LogP contribution in [0, 0.1) is 6.92 Å². The van der Waals surface area contributed by atoms with E-state index in [2.05, 4.69) is 22.2 Å². The van der Waals surface area contributed by atoms with Crippen molar-refractivity contribution in [2.24, 2.45) is 0 Å². The van der Waals surface area contributed by atoms with Crippen LogP contribution < -0.4 is 15.0 Å². The Morgan fingerprint density at radius 2 is 2.14 bits per heavy atom. The van der Waals surface area contributed by atoms with Gasteiger partial charge in [0.25, 0.3) is 0 Å². The monoisotopic (exact) mass is 404 g/mol. The molecular formula is C20H25ClN4O3. The number of methoxy groups -OCH3 is 2. The lowest BCUT2D eigenvalue weighted by molar-refractivity contribution is 0.112. The molecule has 1 aromatic carbocycles. The molecule has 2 heterocycles. The molecule has 0 spiro atoms. The summed E-state index contributed by atoms with van der Waals surface area (Å²) in [5, 5.41) is 3.89. The molecule has 0 fully saturated rings.